The highest BCUT2D eigenvalue weighted by Crippen LogP contribution is 2.39. The standard InChI is InChI=1S/C13H15N3/c1-2-8-4-3-5-10-11(8)15-13(9-6-7-9)16-12(10)14/h3-5,9H,2,6-7H2,1H3,(H2,14,15,16). The molecule has 1 aromatic heterocycles. The fourth-order valence-corrected chi connectivity index (χ4v) is 2.06. The number of anilines is 1. The average molecular weight is 213 g/mol. The molecule has 0 saturated heterocycles. The number of nitrogen functional groups attached to an aromatic ring is 1. The van der Waals surface area contributed by atoms with Crippen LogP contribution >= 0.6 is 0 Å². The van der Waals surface area contributed by atoms with Gasteiger partial charge in [0.15, 0.2) is 0 Å². The van der Waals surface area contributed by atoms with Crippen molar-refractivity contribution < 1.29 is 0 Å². The summed E-state index contributed by atoms with van der Waals surface area (Å²) in [6.45, 7) is 2.14. The number of nitrogens with two attached hydrogens (primary N) is 1. The minimum atomic E-state index is 0.552. The van der Waals surface area contributed by atoms with Crippen LogP contribution in [0, 0.1) is 0 Å². The maximum atomic E-state index is 6.00. The lowest BCUT2D eigenvalue weighted by Gasteiger charge is -2.07. The first-order chi connectivity index (χ1) is 7.79. The van der Waals surface area contributed by atoms with Crippen LogP contribution in [0.15, 0.2) is 18.2 Å². The molecule has 2 aromatic rings. The Kier molecular flexibility index (Phi) is 2.06. The summed E-state index contributed by atoms with van der Waals surface area (Å²) in [5, 5.41) is 0.990. The lowest BCUT2D eigenvalue weighted by Crippen LogP contribution is -2.01. The smallest absolute Gasteiger partial charge is 0.135 e. The molecule has 3 rings (SSSR count). The van der Waals surface area contributed by atoms with E-state index in [-0.39, 0.29) is 0 Å². The van der Waals surface area contributed by atoms with Gasteiger partial charge in [0.05, 0.1) is 5.52 Å². The molecule has 0 atom stereocenters. The first-order valence-electron chi connectivity index (χ1n) is 5.84. The molecule has 1 aliphatic carbocycles. The molecular weight excluding hydrogens is 198 g/mol. The van der Waals surface area contributed by atoms with Crippen LogP contribution in [0.4, 0.5) is 5.82 Å². The zero-order valence-corrected chi connectivity index (χ0v) is 9.40. The van der Waals surface area contributed by atoms with Gasteiger partial charge in [0.1, 0.15) is 11.6 Å². The van der Waals surface area contributed by atoms with Crippen molar-refractivity contribution in [1.82, 2.24) is 9.97 Å². The van der Waals surface area contributed by atoms with E-state index in [9.17, 15) is 0 Å². The predicted molar refractivity (Wildman–Crippen MR) is 65.3 cm³/mol. The summed E-state index contributed by atoms with van der Waals surface area (Å²) in [6, 6.07) is 6.14. The van der Waals surface area contributed by atoms with Crippen LogP contribution in [0.1, 0.15) is 37.1 Å². The Morgan fingerprint density at radius 2 is 2.12 bits per heavy atom. The van der Waals surface area contributed by atoms with E-state index < -0.39 is 0 Å². The molecule has 1 aliphatic rings. The van der Waals surface area contributed by atoms with E-state index in [0.717, 1.165) is 23.1 Å². The molecule has 1 saturated carbocycles. The summed E-state index contributed by atoms with van der Waals surface area (Å²) in [5.41, 5.74) is 8.29. The molecule has 16 heavy (non-hydrogen) atoms. The van der Waals surface area contributed by atoms with Crippen LogP contribution < -0.4 is 5.73 Å². The van der Waals surface area contributed by atoms with Gasteiger partial charge in [-0.2, -0.15) is 0 Å². The van der Waals surface area contributed by atoms with Crippen molar-refractivity contribution in [3.05, 3.63) is 29.6 Å². The van der Waals surface area contributed by atoms with Crippen LogP contribution in [-0.2, 0) is 6.42 Å². The van der Waals surface area contributed by atoms with Crippen molar-refractivity contribution in [2.45, 2.75) is 32.1 Å². The molecule has 0 unspecified atom stereocenters. The number of para-hydroxylation sites is 1. The second-order valence-corrected chi connectivity index (χ2v) is 4.41. The van der Waals surface area contributed by atoms with Gasteiger partial charge in [0, 0.05) is 11.3 Å². The minimum absolute atomic E-state index is 0.552. The molecule has 1 heterocycles. The van der Waals surface area contributed by atoms with Gasteiger partial charge in [0.2, 0.25) is 0 Å². The van der Waals surface area contributed by atoms with Crippen LogP contribution in [0.3, 0.4) is 0 Å². The third-order valence-corrected chi connectivity index (χ3v) is 3.18. The SMILES string of the molecule is CCc1cccc2c(N)nc(C3CC3)nc12. The van der Waals surface area contributed by atoms with E-state index in [2.05, 4.69) is 23.0 Å². The van der Waals surface area contributed by atoms with E-state index in [4.69, 9.17) is 5.73 Å². The van der Waals surface area contributed by atoms with Gasteiger partial charge in [0.25, 0.3) is 0 Å². The molecule has 0 spiro atoms. The monoisotopic (exact) mass is 213 g/mol. The highest BCUT2D eigenvalue weighted by Gasteiger charge is 2.27. The molecule has 3 nitrogen and oxygen atoms in total. The fourth-order valence-electron chi connectivity index (χ4n) is 2.06. The lowest BCUT2D eigenvalue weighted by atomic mass is 10.1. The van der Waals surface area contributed by atoms with E-state index in [1.807, 2.05) is 12.1 Å². The van der Waals surface area contributed by atoms with Crippen LogP contribution in [-0.4, -0.2) is 9.97 Å². The van der Waals surface area contributed by atoms with Gasteiger partial charge in [-0.3, -0.25) is 0 Å². The summed E-state index contributed by atoms with van der Waals surface area (Å²) in [5.74, 6) is 2.12. The van der Waals surface area contributed by atoms with Crippen molar-refractivity contribution >= 4 is 16.7 Å². The first kappa shape index (κ1) is 9.58. The van der Waals surface area contributed by atoms with Gasteiger partial charge < -0.3 is 5.73 Å². The minimum Gasteiger partial charge on any atom is -0.383 e. The fraction of sp³-hybridized carbons (Fsp3) is 0.385. The summed E-state index contributed by atoms with van der Waals surface area (Å²) >= 11 is 0. The summed E-state index contributed by atoms with van der Waals surface area (Å²) in [7, 11) is 0. The Hall–Kier alpha value is -1.64. The van der Waals surface area contributed by atoms with E-state index in [1.165, 1.54) is 18.4 Å². The van der Waals surface area contributed by atoms with Crippen LogP contribution in [0.2, 0.25) is 0 Å². The normalized spacial score (nSPS) is 15.6. The van der Waals surface area contributed by atoms with Gasteiger partial charge >= 0.3 is 0 Å². The third-order valence-electron chi connectivity index (χ3n) is 3.18. The van der Waals surface area contributed by atoms with Crippen molar-refractivity contribution in [1.29, 1.82) is 0 Å². The molecule has 2 N–H and O–H groups in total. The quantitative estimate of drug-likeness (QED) is 0.834. The predicted octanol–water partition coefficient (Wildman–Crippen LogP) is 2.65. The number of hydrogen-bond acceptors (Lipinski definition) is 3. The maximum absolute atomic E-state index is 6.00. The molecule has 0 bridgehead atoms. The highest BCUT2D eigenvalue weighted by atomic mass is 15.0. The van der Waals surface area contributed by atoms with Crippen molar-refractivity contribution in [2.75, 3.05) is 5.73 Å². The van der Waals surface area contributed by atoms with Crippen LogP contribution in [0.25, 0.3) is 10.9 Å². The van der Waals surface area contributed by atoms with Gasteiger partial charge in [-0.25, -0.2) is 9.97 Å². The number of aryl methyl sites for hydroxylation is 1. The molecule has 82 valence electrons. The highest BCUT2D eigenvalue weighted by molar-refractivity contribution is 5.90. The van der Waals surface area contributed by atoms with Crippen molar-refractivity contribution in [2.24, 2.45) is 0 Å². The Morgan fingerprint density at radius 1 is 1.31 bits per heavy atom. The summed E-state index contributed by atoms with van der Waals surface area (Å²) < 4.78 is 0. The Labute approximate surface area is 94.7 Å². The van der Waals surface area contributed by atoms with Crippen LogP contribution in [0.5, 0.6) is 0 Å². The zero-order valence-electron chi connectivity index (χ0n) is 9.40. The number of nitrogens with zero attached hydrogens (tertiary/aromatic N) is 2. The molecule has 0 amide bonds. The topological polar surface area (TPSA) is 51.8 Å². The number of hydrogen-bond donors (Lipinski definition) is 1. The number of fused-ring (bicyclic) bond motifs is 1. The van der Waals surface area contributed by atoms with E-state index >= 15 is 0 Å². The number of rotatable bonds is 2. The summed E-state index contributed by atoms with van der Waals surface area (Å²) in [6.07, 6.45) is 3.40. The lowest BCUT2D eigenvalue weighted by molar-refractivity contribution is 0.947. The Balaban J connectivity index is 2.29. The number of aromatic nitrogens is 2. The van der Waals surface area contributed by atoms with Gasteiger partial charge in [-0.05, 0) is 30.9 Å². The molecule has 1 fully saturated rings. The maximum Gasteiger partial charge on any atom is 0.135 e. The second kappa shape index (κ2) is 3.44. The van der Waals surface area contributed by atoms with Crippen molar-refractivity contribution in [3.8, 4) is 0 Å². The molecular formula is C13H15N3. The molecule has 1 aromatic carbocycles. The summed E-state index contributed by atoms with van der Waals surface area (Å²) in [4.78, 5) is 9.08. The van der Waals surface area contributed by atoms with E-state index in [1.54, 1.807) is 0 Å². The third kappa shape index (κ3) is 1.43. The zero-order chi connectivity index (χ0) is 11.1. The molecule has 0 radical (unpaired) electrons. The second-order valence-electron chi connectivity index (χ2n) is 4.41. The number of benzene rings is 1. The first-order valence-corrected chi connectivity index (χ1v) is 5.84. The van der Waals surface area contributed by atoms with E-state index in [0.29, 0.717) is 11.7 Å². The Bertz CT molecular complexity index is 544. The van der Waals surface area contributed by atoms with Gasteiger partial charge in [-0.15, -0.1) is 0 Å². The molecule has 3 heteroatoms. The van der Waals surface area contributed by atoms with Gasteiger partial charge in [-0.1, -0.05) is 19.1 Å². The molecule has 0 aliphatic heterocycles. The average Bonchev–Trinajstić information content (AvgIpc) is 3.12. The largest absolute Gasteiger partial charge is 0.383 e. The van der Waals surface area contributed by atoms with Crippen molar-refractivity contribution in [3.63, 3.8) is 0 Å². The Morgan fingerprint density at radius 3 is 2.81 bits per heavy atom.